The Balaban J connectivity index is 0. The normalized spacial score (nSPS) is 9.43. The summed E-state index contributed by atoms with van der Waals surface area (Å²) in [6.07, 6.45) is 0. The maximum atomic E-state index is 10.4. The van der Waals surface area contributed by atoms with Crippen LogP contribution in [0.5, 0.6) is 0 Å². The van der Waals surface area contributed by atoms with E-state index < -0.39 is 7.91 Å². The molecule has 0 atom stereocenters. The van der Waals surface area contributed by atoms with Gasteiger partial charge in [-0.25, -0.2) is 4.57 Å². The van der Waals surface area contributed by atoms with E-state index >= 15 is 0 Å². The summed E-state index contributed by atoms with van der Waals surface area (Å²) in [5, 5.41) is 0. The number of rotatable bonds is 0. The maximum absolute atomic E-state index is 10.4. The zero-order valence-corrected chi connectivity index (χ0v) is 7.02. The van der Waals surface area contributed by atoms with E-state index in [1.165, 1.54) is 27.9 Å². The standard InChI is InChI=1S/CH3.FH2O3P.Na/c;1-5(2,3)4;/h1H3;(H2,2,3,4);. The van der Waals surface area contributed by atoms with Crippen LogP contribution < -0.4 is 0 Å². The third-order valence-corrected chi connectivity index (χ3v) is 0. The van der Waals surface area contributed by atoms with Crippen molar-refractivity contribution in [3.05, 3.63) is 0 Å². The summed E-state index contributed by atoms with van der Waals surface area (Å²) in [5.41, 5.74) is 0. The predicted molar refractivity (Wildman–Crippen MR) is 24.8 cm³/mol. The van der Waals surface area contributed by atoms with E-state index in [0.717, 1.165) is 0 Å². The van der Waals surface area contributed by atoms with Gasteiger partial charge in [0.15, 0.2) is 0 Å². The van der Waals surface area contributed by atoms with E-state index in [9.17, 15) is 4.20 Å². The van der Waals surface area contributed by atoms with Gasteiger partial charge in [-0.3, -0.25) is 9.79 Å². The van der Waals surface area contributed by atoms with Crippen molar-refractivity contribution in [2.45, 2.75) is 4.17 Å². The fraction of sp³-hybridized carbons (Fsp3) is 1.00. The Morgan fingerprint density at radius 2 is 1.57 bits per heavy atom. The zero-order chi connectivity index (χ0) is 6.50. The monoisotopic (exact) mass is 138 g/mol. The van der Waals surface area contributed by atoms with Crippen molar-refractivity contribution in [3.63, 3.8) is 0 Å². The van der Waals surface area contributed by atoms with Crippen LogP contribution in [0.1, 0.15) is 0 Å². The first kappa shape index (κ1) is 11.0. The molecular formula is CH5FNaO3P. The van der Waals surface area contributed by atoms with Gasteiger partial charge in [0.25, 0.3) is 0 Å². The molecule has 0 spiro atoms. The van der Waals surface area contributed by atoms with Crippen molar-refractivity contribution in [2.24, 2.45) is 0 Å². The third kappa shape index (κ3) is 157. The number of hydrogen-bond donors (Lipinski definition) is 2. The second kappa shape index (κ2) is 5.22. The van der Waals surface area contributed by atoms with Crippen molar-refractivity contribution in [1.82, 2.24) is 0 Å². The predicted octanol–water partition coefficient (Wildman–Crippen LogP) is 0.252. The molecule has 3 nitrogen and oxygen atoms in total. The molecule has 7 heavy (non-hydrogen) atoms. The van der Waals surface area contributed by atoms with Crippen molar-refractivity contribution < 1.29 is 18.5 Å². The molecule has 0 aromatic heterocycles. The number of halogens is 1. The van der Waals surface area contributed by atoms with Crippen LogP contribution in [-0.2, 0) is 4.57 Å². The second-order valence-electron chi connectivity index (χ2n) is 0.473. The quantitative estimate of drug-likeness (QED) is 0.372. The molecule has 0 saturated carbocycles. The van der Waals surface area contributed by atoms with Crippen LogP contribution in [-0.4, -0.2) is 37.7 Å². The molecule has 0 aliphatic heterocycles. The Hall–Kier alpha value is 1.08. The van der Waals surface area contributed by atoms with Crippen molar-refractivity contribution in [3.8, 4) is 0 Å². The van der Waals surface area contributed by atoms with Crippen LogP contribution in [0, 0.1) is 0 Å². The average molecular weight is 138 g/mol. The van der Waals surface area contributed by atoms with Crippen LogP contribution in [0.3, 0.4) is 0 Å². The number of hydrogen-bond acceptors (Lipinski definition) is 1. The van der Waals surface area contributed by atoms with Gasteiger partial charge in [0.2, 0.25) is 0 Å². The Bertz CT molecular complexity index is 61.1. The first-order chi connectivity index (χ1) is 3.00. The van der Waals surface area contributed by atoms with Crippen molar-refractivity contribution in [1.29, 1.82) is 0 Å². The SMILES string of the molecule is O=P(O)(O)F.[CH3][Na]. The van der Waals surface area contributed by atoms with Gasteiger partial charge in [-0.05, 0) is 0 Å². The summed E-state index contributed by atoms with van der Waals surface area (Å²) in [4.78, 5) is 13.9. The van der Waals surface area contributed by atoms with E-state index in [-0.39, 0.29) is 0 Å². The summed E-state index contributed by atoms with van der Waals surface area (Å²) < 4.78 is 21.2. The summed E-state index contributed by atoms with van der Waals surface area (Å²) in [6, 6.07) is 0. The van der Waals surface area contributed by atoms with Gasteiger partial charge in [0.05, 0.1) is 0 Å². The fourth-order valence-corrected chi connectivity index (χ4v) is 0. The first-order valence-corrected chi connectivity index (χ1v) is 5.25. The molecule has 0 fully saturated rings. The Kier molecular flexibility index (Phi) is 8.17. The molecule has 0 aliphatic rings. The molecule has 0 rings (SSSR count). The zero-order valence-electron chi connectivity index (χ0n) is 4.13. The van der Waals surface area contributed by atoms with Crippen LogP contribution in [0.4, 0.5) is 4.20 Å². The van der Waals surface area contributed by atoms with Crippen molar-refractivity contribution in [2.75, 3.05) is 0 Å². The van der Waals surface area contributed by atoms with Crippen LogP contribution in [0.15, 0.2) is 0 Å². The molecule has 0 radical (unpaired) electrons. The van der Waals surface area contributed by atoms with Gasteiger partial charge in [0, 0.05) is 0 Å². The van der Waals surface area contributed by atoms with Gasteiger partial charge in [0.1, 0.15) is 0 Å². The molecular weight excluding hydrogens is 133 g/mol. The van der Waals surface area contributed by atoms with Gasteiger partial charge in [-0.15, -0.1) is 4.20 Å². The molecule has 40 valence electrons. The van der Waals surface area contributed by atoms with Gasteiger partial charge >= 0.3 is 40.0 Å². The summed E-state index contributed by atoms with van der Waals surface area (Å²) in [5.74, 6) is 0. The molecule has 2 N–H and O–H groups in total. The minimum absolute atomic E-state index is 1.31. The van der Waals surface area contributed by atoms with Gasteiger partial charge in [-0.2, -0.15) is 0 Å². The Morgan fingerprint density at radius 3 is 1.57 bits per heavy atom. The molecule has 0 amide bonds. The molecule has 0 aromatic carbocycles. The molecule has 0 aliphatic carbocycles. The van der Waals surface area contributed by atoms with E-state index in [1.54, 1.807) is 0 Å². The van der Waals surface area contributed by atoms with Crippen LogP contribution >= 0.6 is 7.91 Å². The molecule has 6 heteroatoms. The van der Waals surface area contributed by atoms with Crippen molar-refractivity contribution >= 4 is 35.8 Å². The summed E-state index contributed by atoms with van der Waals surface area (Å²) in [6.45, 7) is 0. The third-order valence-electron chi connectivity index (χ3n) is 0. The summed E-state index contributed by atoms with van der Waals surface area (Å²) in [7, 11) is -5.14. The van der Waals surface area contributed by atoms with E-state index in [1.807, 2.05) is 0 Å². The van der Waals surface area contributed by atoms with E-state index in [0.29, 0.717) is 0 Å². The molecule has 0 unspecified atom stereocenters. The van der Waals surface area contributed by atoms with Crippen LogP contribution in [0.2, 0.25) is 4.17 Å². The van der Waals surface area contributed by atoms with E-state index in [4.69, 9.17) is 14.4 Å². The Labute approximate surface area is 58.6 Å². The van der Waals surface area contributed by atoms with Crippen LogP contribution in [0.25, 0.3) is 0 Å². The first-order valence-electron chi connectivity index (χ1n) is 1.75. The minimum atomic E-state index is -5.14. The molecule has 0 bridgehead atoms. The average Bonchev–Trinajstić information content (AvgIpc) is 1.36. The topological polar surface area (TPSA) is 57.5 Å². The molecule has 0 heterocycles. The fourth-order valence-electron chi connectivity index (χ4n) is 0. The molecule has 0 aromatic rings. The van der Waals surface area contributed by atoms with Gasteiger partial charge in [-0.1, -0.05) is 0 Å². The van der Waals surface area contributed by atoms with E-state index in [2.05, 4.69) is 4.17 Å². The Morgan fingerprint density at radius 1 is 1.57 bits per heavy atom. The molecule has 0 saturated heterocycles. The second-order valence-corrected chi connectivity index (χ2v) is 1.42. The summed E-state index contributed by atoms with van der Waals surface area (Å²) >= 11 is 1.31. The van der Waals surface area contributed by atoms with Gasteiger partial charge < -0.3 is 0 Å².